The zero-order valence-electron chi connectivity index (χ0n) is 12.2. The van der Waals surface area contributed by atoms with Gasteiger partial charge in [0.2, 0.25) is 0 Å². The van der Waals surface area contributed by atoms with Gasteiger partial charge in [-0.15, -0.1) is 11.3 Å². The summed E-state index contributed by atoms with van der Waals surface area (Å²) in [7, 11) is 0. The van der Waals surface area contributed by atoms with Crippen molar-refractivity contribution in [1.29, 1.82) is 0 Å². The summed E-state index contributed by atoms with van der Waals surface area (Å²) in [4.78, 5) is 13.2. The molecule has 0 spiro atoms. The minimum atomic E-state index is -0.148. The Hall–Kier alpha value is -2.01. The van der Waals surface area contributed by atoms with Gasteiger partial charge in [-0.25, -0.2) is 0 Å². The van der Waals surface area contributed by atoms with E-state index in [0.717, 1.165) is 4.88 Å². The topological polar surface area (TPSA) is 64.3 Å². The number of nitrogens with one attached hydrogen (secondary N) is 1. The molecule has 1 unspecified atom stereocenters. The number of anilines is 1. The van der Waals surface area contributed by atoms with E-state index in [1.165, 1.54) is 0 Å². The molecule has 4 nitrogen and oxygen atoms in total. The molecule has 0 aliphatic carbocycles. The van der Waals surface area contributed by atoms with Crippen molar-refractivity contribution in [2.45, 2.75) is 19.9 Å². The lowest BCUT2D eigenvalue weighted by Gasteiger charge is -2.21. The van der Waals surface area contributed by atoms with Gasteiger partial charge < -0.3 is 15.8 Å². The molecule has 112 valence electrons. The normalized spacial score (nSPS) is 12.1. The maximum Gasteiger partial charge on any atom is 0.258 e. The molecule has 21 heavy (non-hydrogen) atoms. The summed E-state index contributed by atoms with van der Waals surface area (Å²) < 4.78 is 5.46. The summed E-state index contributed by atoms with van der Waals surface area (Å²) in [5, 5.41) is 5.03. The summed E-state index contributed by atoms with van der Waals surface area (Å²) in [5.74, 6) is 0.699. The number of para-hydroxylation sites is 2. The van der Waals surface area contributed by atoms with Gasteiger partial charge in [0.25, 0.3) is 5.91 Å². The number of carbonyl (C=O) groups excluding carboxylic acids is 1. The smallest absolute Gasteiger partial charge is 0.258 e. The van der Waals surface area contributed by atoms with Crippen molar-refractivity contribution in [3.05, 3.63) is 46.7 Å². The highest BCUT2D eigenvalue weighted by Gasteiger charge is 2.19. The molecule has 2 aromatic rings. The predicted octanol–water partition coefficient (Wildman–Crippen LogP) is 3.22. The van der Waals surface area contributed by atoms with E-state index in [1.54, 1.807) is 23.5 Å². The molecule has 2 rings (SSSR count). The monoisotopic (exact) mass is 304 g/mol. The van der Waals surface area contributed by atoms with Crippen LogP contribution in [0.1, 0.15) is 24.8 Å². The number of ether oxygens (including phenoxy) is 1. The van der Waals surface area contributed by atoms with Crippen LogP contribution in [0.2, 0.25) is 0 Å². The Morgan fingerprint density at radius 1 is 1.29 bits per heavy atom. The molecule has 0 aliphatic rings. The van der Waals surface area contributed by atoms with Crippen molar-refractivity contribution in [3.63, 3.8) is 0 Å². The van der Waals surface area contributed by atoms with Crippen LogP contribution in [-0.4, -0.2) is 12.5 Å². The van der Waals surface area contributed by atoms with Crippen LogP contribution in [-0.2, 0) is 4.79 Å². The summed E-state index contributed by atoms with van der Waals surface area (Å²) in [5.41, 5.74) is 6.31. The molecular formula is C16H20N2O2S. The third-order valence-electron chi connectivity index (χ3n) is 3.11. The van der Waals surface area contributed by atoms with E-state index >= 15 is 0 Å². The van der Waals surface area contributed by atoms with Crippen LogP contribution in [0, 0.1) is 5.92 Å². The highest BCUT2D eigenvalue weighted by Crippen LogP contribution is 2.25. The number of rotatable bonds is 6. The Bertz CT molecular complexity index is 582. The van der Waals surface area contributed by atoms with E-state index in [0.29, 0.717) is 17.4 Å². The summed E-state index contributed by atoms with van der Waals surface area (Å²) in [6.07, 6.45) is 0. The Morgan fingerprint density at radius 3 is 2.67 bits per heavy atom. The van der Waals surface area contributed by atoms with Crippen LogP contribution in [0.4, 0.5) is 5.69 Å². The zero-order chi connectivity index (χ0) is 15.2. The minimum Gasteiger partial charge on any atom is -0.482 e. The number of carbonyl (C=O) groups is 1. The molecule has 3 N–H and O–H groups in total. The van der Waals surface area contributed by atoms with Gasteiger partial charge in [0.05, 0.1) is 11.7 Å². The van der Waals surface area contributed by atoms with Crippen LogP contribution in [0.3, 0.4) is 0 Å². The maximum absolute atomic E-state index is 12.1. The first kappa shape index (κ1) is 15.4. The lowest BCUT2D eigenvalue weighted by atomic mass is 10.0. The van der Waals surface area contributed by atoms with Crippen LogP contribution < -0.4 is 15.8 Å². The van der Waals surface area contributed by atoms with Gasteiger partial charge in [-0.05, 0) is 29.5 Å². The van der Waals surface area contributed by atoms with Gasteiger partial charge in [-0.3, -0.25) is 4.79 Å². The molecule has 0 bridgehead atoms. The lowest BCUT2D eigenvalue weighted by molar-refractivity contribution is -0.124. The van der Waals surface area contributed by atoms with Crippen molar-refractivity contribution < 1.29 is 9.53 Å². The van der Waals surface area contributed by atoms with Crippen LogP contribution in [0.25, 0.3) is 0 Å². The van der Waals surface area contributed by atoms with E-state index < -0.39 is 0 Å². The van der Waals surface area contributed by atoms with Crippen molar-refractivity contribution in [2.75, 3.05) is 12.3 Å². The average Bonchev–Trinajstić information content (AvgIpc) is 2.97. The SMILES string of the molecule is CC(C)C(NC(=O)COc1ccccc1N)c1cccs1. The number of nitrogens with two attached hydrogens (primary N) is 1. The highest BCUT2D eigenvalue weighted by atomic mass is 32.1. The molecule has 1 aromatic heterocycles. The largest absolute Gasteiger partial charge is 0.482 e. The molecule has 1 aromatic carbocycles. The number of amides is 1. The summed E-state index contributed by atoms with van der Waals surface area (Å²) in [6.45, 7) is 4.13. The summed E-state index contributed by atoms with van der Waals surface area (Å²) in [6, 6.07) is 11.2. The average molecular weight is 304 g/mol. The van der Waals surface area contributed by atoms with Gasteiger partial charge in [-0.1, -0.05) is 32.0 Å². The standard InChI is InChI=1S/C16H20N2O2S/c1-11(2)16(14-8-5-9-21-14)18-15(19)10-20-13-7-4-3-6-12(13)17/h3-9,11,16H,10,17H2,1-2H3,(H,18,19). The first-order valence-corrected chi connectivity index (χ1v) is 7.76. The lowest BCUT2D eigenvalue weighted by Crippen LogP contribution is -2.34. The van der Waals surface area contributed by atoms with E-state index in [1.807, 2.05) is 29.6 Å². The number of hydrogen-bond acceptors (Lipinski definition) is 4. The van der Waals surface area contributed by atoms with Crippen LogP contribution in [0.15, 0.2) is 41.8 Å². The fourth-order valence-corrected chi connectivity index (χ4v) is 2.95. The first-order valence-electron chi connectivity index (χ1n) is 6.88. The molecule has 5 heteroatoms. The second-order valence-electron chi connectivity index (χ2n) is 5.13. The van der Waals surface area contributed by atoms with Gasteiger partial charge >= 0.3 is 0 Å². The minimum absolute atomic E-state index is 0.00854. The van der Waals surface area contributed by atoms with Gasteiger partial charge in [0.1, 0.15) is 5.75 Å². The molecule has 0 radical (unpaired) electrons. The Labute approximate surface area is 128 Å². The molecule has 1 heterocycles. The van der Waals surface area contributed by atoms with Gasteiger partial charge in [0, 0.05) is 4.88 Å². The van der Waals surface area contributed by atoms with Crippen molar-refractivity contribution >= 4 is 22.9 Å². The molecular weight excluding hydrogens is 284 g/mol. The second kappa shape index (κ2) is 7.13. The molecule has 0 saturated heterocycles. The van der Waals surface area contributed by atoms with E-state index in [-0.39, 0.29) is 18.6 Å². The number of hydrogen-bond donors (Lipinski definition) is 2. The fourth-order valence-electron chi connectivity index (χ4n) is 2.00. The maximum atomic E-state index is 12.1. The molecule has 1 amide bonds. The molecule has 0 aliphatic heterocycles. The van der Waals surface area contributed by atoms with E-state index in [4.69, 9.17) is 10.5 Å². The van der Waals surface area contributed by atoms with Crippen LogP contribution >= 0.6 is 11.3 Å². The van der Waals surface area contributed by atoms with Gasteiger partial charge in [-0.2, -0.15) is 0 Å². The summed E-state index contributed by atoms with van der Waals surface area (Å²) >= 11 is 1.64. The number of nitrogen functional groups attached to an aromatic ring is 1. The Balaban J connectivity index is 1.93. The van der Waals surface area contributed by atoms with Crippen molar-refractivity contribution in [3.8, 4) is 5.75 Å². The molecule has 1 atom stereocenters. The Morgan fingerprint density at radius 2 is 2.05 bits per heavy atom. The van der Waals surface area contributed by atoms with Crippen LogP contribution in [0.5, 0.6) is 5.75 Å². The fraction of sp³-hybridized carbons (Fsp3) is 0.312. The quantitative estimate of drug-likeness (QED) is 0.805. The third-order valence-corrected chi connectivity index (χ3v) is 4.07. The van der Waals surface area contributed by atoms with Gasteiger partial charge in [0.15, 0.2) is 6.61 Å². The second-order valence-corrected chi connectivity index (χ2v) is 6.11. The zero-order valence-corrected chi connectivity index (χ0v) is 13.0. The number of thiophene rings is 1. The highest BCUT2D eigenvalue weighted by molar-refractivity contribution is 7.10. The number of benzene rings is 1. The predicted molar refractivity (Wildman–Crippen MR) is 86.4 cm³/mol. The molecule has 0 fully saturated rings. The third kappa shape index (κ3) is 4.23. The van der Waals surface area contributed by atoms with E-state index in [2.05, 4.69) is 19.2 Å². The Kier molecular flexibility index (Phi) is 5.22. The van der Waals surface area contributed by atoms with Crippen molar-refractivity contribution in [1.82, 2.24) is 5.32 Å². The van der Waals surface area contributed by atoms with Crippen molar-refractivity contribution in [2.24, 2.45) is 5.92 Å². The first-order chi connectivity index (χ1) is 10.1. The van der Waals surface area contributed by atoms with E-state index in [9.17, 15) is 4.79 Å². The molecule has 0 saturated carbocycles.